The molecule has 0 saturated carbocycles. The van der Waals surface area contributed by atoms with Crippen LogP contribution in [0.2, 0.25) is 10.0 Å². The largest absolute Gasteiger partial charge is 0.490 e. The first kappa shape index (κ1) is 26.4. The lowest BCUT2D eigenvalue weighted by Gasteiger charge is -2.22. The molecular weight excluding hydrogens is 509 g/mol. The van der Waals surface area contributed by atoms with Crippen molar-refractivity contribution in [2.45, 2.75) is 11.4 Å². The van der Waals surface area contributed by atoms with Crippen LogP contribution < -0.4 is 10.2 Å². The molecular formula is C25H23Cl2N3O4S. The summed E-state index contributed by atoms with van der Waals surface area (Å²) in [7, 11) is -4.16. The Labute approximate surface area is 214 Å². The molecule has 3 aromatic carbocycles. The first-order valence-electron chi connectivity index (χ1n) is 10.4. The van der Waals surface area contributed by atoms with E-state index in [2.05, 4.69) is 17.1 Å². The smallest absolute Gasteiger partial charge is 0.255 e. The summed E-state index contributed by atoms with van der Waals surface area (Å²) in [6, 6.07) is 20.1. The molecule has 0 heterocycles. The normalized spacial score (nSPS) is 11.5. The molecule has 0 radical (unpaired) electrons. The van der Waals surface area contributed by atoms with Gasteiger partial charge in [-0.2, -0.15) is 9.41 Å². The Balaban J connectivity index is 1.77. The van der Waals surface area contributed by atoms with Gasteiger partial charge >= 0.3 is 0 Å². The number of carbonyl (C=O) groups excluding carboxylic acids is 1. The standard InChI is InChI=1S/C25H23Cl2N3O4S/c1-2-13-34-22-10-6-9-20(14-22)16-28-29-25(31)18-30(17-19-7-4-3-5-8-19)35(32,33)24-15-21(26)11-12-23(24)27/h2-12,14-16H,1,13,17-18H2,(H,29,31). The fraction of sp³-hybridized carbons (Fsp3) is 0.120. The van der Waals surface area contributed by atoms with Crippen molar-refractivity contribution in [3.05, 3.63) is 107 Å². The highest BCUT2D eigenvalue weighted by molar-refractivity contribution is 7.89. The maximum atomic E-state index is 13.4. The van der Waals surface area contributed by atoms with E-state index in [9.17, 15) is 13.2 Å². The zero-order valence-electron chi connectivity index (χ0n) is 18.6. The number of hydrazone groups is 1. The maximum Gasteiger partial charge on any atom is 0.255 e. The zero-order chi connectivity index (χ0) is 25.3. The molecule has 1 N–H and O–H groups in total. The third-order valence-corrected chi connectivity index (χ3v) is 7.17. The Hall–Kier alpha value is -3.17. The zero-order valence-corrected chi connectivity index (χ0v) is 20.9. The molecule has 3 aromatic rings. The molecule has 0 aromatic heterocycles. The topological polar surface area (TPSA) is 88.1 Å². The molecule has 3 rings (SSSR count). The molecule has 10 heteroatoms. The lowest BCUT2D eigenvalue weighted by atomic mass is 10.2. The van der Waals surface area contributed by atoms with Gasteiger partial charge in [-0.15, -0.1) is 0 Å². The number of amides is 1. The predicted octanol–water partition coefficient (Wildman–Crippen LogP) is 4.90. The van der Waals surface area contributed by atoms with Gasteiger partial charge in [-0.3, -0.25) is 4.79 Å². The SMILES string of the molecule is C=CCOc1cccc(C=NNC(=O)CN(Cc2ccccc2)S(=O)(=O)c2cc(Cl)ccc2Cl)c1. The lowest BCUT2D eigenvalue weighted by Crippen LogP contribution is -2.39. The minimum Gasteiger partial charge on any atom is -0.490 e. The molecule has 0 bridgehead atoms. The van der Waals surface area contributed by atoms with E-state index in [0.717, 1.165) is 4.31 Å². The number of hydrogen-bond donors (Lipinski definition) is 1. The van der Waals surface area contributed by atoms with Crippen molar-refractivity contribution in [3.8, 4) is 5.75 Å². The van der Waals surface area contributed by atoms with Crippen molar-refractivity contribution in [2.75, 3.05) is 13.2 Å². The number of hydrogen-bond acceptors (Lipinski definition) is 5. The Morgan fingerprint density at radius 1 is 1.06 bits per heavy atom. The summed E-state index contributed by atoms with van der Waals surface area (Å²) in [6.45, 7) is 3.43. The van der Waals surface area contributed by atoms with Crippen molar-refractivity contribution in [3.63, 3.8) is 0 Å². The van der Waals surface area contributed by atoms with Crippen LogP contribution in [-0.2, 0) is 21.4 Å². The third kappa shape index (κ3) is 7.66. The monoisotopic (exact) mass is 531 g/mol. The van der Waals surface area contributed by atoms with Crippen LogP contribution in [0.1, 0.15) is 11.1 Å². The molecule has 0 aliphatic rings. The van der Waals surface area contributed by atoms with Gasteiger partial charge in [0.15, 0.2) is 0 Å². The van der Waals surface area contributed by atoms with Gasteiger partial charge in [-0.1, -0.05) is 78.3 Å². The van der Waals surface area contributed by atoms with Crippen LogP contribution in [0, 0.1) is 0 Å². The first-order chi connectivity index (χ1) is 16.8. The molecule has 35 heavy (non-hydrogen) atoms. The van der Waals surface area contributed by atoms with Crippen LogP contribution in [0.5, 0.6) is 5.75 Å². The number of sulfonamides is 1. The second-order valence-corrected chi connectivity index (χ2v) is 10.0. The summed E-state index contributed by atoms with van der Waals surface area (Å²) in [6.07, 6.45) is 3.06. The molecule has 0 aliphatic heterocycles. The number of halogens is 2. The summed E-state index contributed by atoms with van der Waals surface area (Å²) in [5, 5.41) is 4.15. The molecule has 182 valence electrons. The molecule has 0 saturated heterocycles. The van der Waals surface area contributed by atoms with Gasteiger partial charge in [0.25, 0.3) is 5.91 Å². The van der Waals surface area contributed by atoms with Crippen molar-refractivity contribution < 1.29 is 17.9 Å². The van der Waals surface area contributed by atoms with Crippen molar-refractivity contribution in [2.24, 2.45) is 5.10 Å². The number of nitrogens with zero attached hydrogens (tertiary/aromatic N) is 2. The molecule has 1 amide bonds. The number of carbonyl (C=O) groups is 1. The van der Waals surface area contributed by atoms with Gasteiger partial charge in [-0.25, -0.2) is 13.8 Å². The number of ether oxygens (including phenoxy) is 1. The number of benzene rings is 3. The number of rotatable bonds is 11. The summed E-state index contributed by atoms with van der Waals surface area (Å²) >= 11 is 12.2. The van der Waals surface area contributed by atoms with E-state index in [-0.39, 0.29) is 21.5 Å². The fourth-order valence-electron chi connectivity index (χ4n) is 3.04. The Bertz CT molecular complexity index is 1320. The van der Waals surface area contributed by atoms with E-state index in [1.54, 1.807) is 54.6 Å². The van der Waals surface area contributed by atoms with E-state index in [4.69, 9.17) is 27.9 Å². The van der Waals surface area contributed by atoms with Crippen molar-refractivity contribution in [1.29, 1.82) is 0 Å². The molecule has 0 fully saturated rings. The van der Waals surface area contributed by atoms with Gasteiger partial charge in [0, 0.05) is 11.6 Å². The maximum absolute atomic E-state index is 13.4. The highest BCUT2D eigenvalue weighted by Gasteiger charge is 2.29. The van der Waals surface area contributed by atoms with E-state index in [1.165, 1.54) is 24.4 Å². The first-order valence-corrected chi connectivity index (χ1v) is 12.6. The van der Waals surface area contributed by atoms with E-state index >= 15 is 0 Å². The molecule has 0 aliphatic carbocycles. The van der Waals surface area contributed by atoms with E-state index < -0.39 is 22.5 Å². The van der Waals surface area contributed by atoms with Crippen molar-refractivity contribution in [1.82, 2.24) is 9.73 Å². The van der Waals surface area contributed by atoms with Crippen LogP contribution in [-0.4, -0.2) is 38.0 Å². The summed E-state index contributed by atoms with van der Waals surface area (Å²) in [4.78, 5) is 12.5. The lowest BCUT2D eigenvalue weighted by molar-refractivity contribution is -0.121. The molecule has 7 nitrogen and oxygen atoms in total. The quantitative estimate of drug-likeness (QED) is 0.216. The van der Waals surface area contributed by atoms with Crippen LogP contribution >= 0.6 is 23.2 Å². The highest BCUT2D eigenvalue weighted by Crippen LogP contribution is 2.28. The third-order valence-electron chi connectivity index (χ3n) is 4.66. The predicted molar refractivity (Wildman–Crippen MR) is 138 cm³/mol. The van der Waals surface area contributed by atoms with E-state index in [1.807, 2.05) is 6.07 Å². The van der Waals surface area contributed by atoms with Crippen molar-refractivity contribution >= 4 is 45.3 Å². The molecule has 0 atom stereocenters. The Kier molecular flexibility index (Phi) is 9.45. The minimum absolute atomic E-state index is 0.00412. The van der Waals surface area contributed by atoms with Crippen LogP contribution in [0.25, 0.3) is 0 Å². The van der Waals surface area contributed by atoms with Gasteiger partial charge < -0.3 is 4.74 Å². The van der Waals surface area contributed by atoms with E-state index in [0.29, 0.717) is 23.5 Å². The highest BCUT2D eigenvalue weighted by atomic mass is 35.5. The minimum atomic E-state index is -4.16. The van der Waals surface area contributed by atoms with Gasteiger partial charge in [0.05, 0.1) is 17.8 Å². The number of nitrogens with one attached hydrogen (secondary N) is 1. The van der Waals surface area contributed by atoms with Gasteiger partial charge in [-0.05, 0) is 41.5 Å². The fourth-order valence-corrected chi connectivity index (χ4v) is 5.16. The second kappa shape index (κ2) is 12.5. The summed E-state index contributed by atoms with van der Waals surface area (Å²) < 4.78 is 33.3. The Morgan fingerprint density at radius 2 is 1.83 bits per heavy atom. The summed E-state index contributed by atoms with van der Waals surface area (Å²) in [5.41, 5.74) is 3.75. The van der Waals surface area contributed by atoms with Crippen LogP contribution in [0.15, 0.2) is 95.4 Å². The van der Waals surface area contributed by atoms with Crippen LogP contribution in [0.4, 0.5) is 0 Å². The molecule has 0 spiro atoms. The Morgan fingerprint density at radius 3 is 2.57 bits per heavy atom. The van der Waals surface area contributed by atoms with Gasteiger partial charge in [0.1, 0.15) is 17.3 Å². The molecule has 0 unspecified atom stereocenters. The van der Waals surface area contributed by atoms with Crippen LogP contribution in [0.3, 0.4) is 0 Å². The second-order valence-electron chi connectivity index (χ2n) is 7.30. The summed E-state index contributed by atoms with van der Waals surface area (Å²) in [5.74, 6) is -0.00308. The average Bonchev–Trinajstić information content (AvgIpc) is 2.84. The average molecular weight is 532 g/mol. The van der Waals surface area contributed by atoms with Gasteiger partial charge in [0.2, 0.25) is 10.0 Å².